The summed E-state index contributed by atoms with van der Waals surface area (Å²) in [6.45, 7) is 7.41. The highest BCUT2D eigenvalue weighted by Gasteiger charge is 2.74. The summed E-state index contributed by atoms with van der Waals surface area (Å²) in [4.78, 5) is 61.5. The highest BCUT2D eigenvalue weighted by Crippen LogP contribution is 2.56. The van der Waals surface area contributed by atoms with Crippen LogP contribution in [0.3, 0.4) is 0 Å². The number of esters is 1. The smallest absolute Gasteiger partial charge is 0.313 e. The molecule has 4 heterocycles. The highest BCUT2D eigenvalue weighted by molar-refractivity contribution is 6.05. The number of hydrogen-bond acceptors (Lipinski definition) is 8. The molecule has 3 amide bonds. The number of hydrogen-bond donors (Lipinski definition) is 2. The van der Waals surface area contributed by atoms with Crippen LogP contribution in [-0.2, 0) is 35.1 Å². The van der Waals surface area contributed by atoms with Crippen molar-refractivity contribution in [2.75, 3.05) is 42.6 Å². The van der Waals surface area contributed by atoms with Gasteiger partial charge in [-0.05, 0) is 63.4 Å². The molecule has 4 aliphatic heterocycles. The third-order valence-corrected chi connectivity index (χ3v) is 10.2. The zero-order valence-corrected chi connectivity index (χ0v) is 28.4. The topological polar surface area (TPSA) is 129 Å². The Morgan fingerprint density at radius 1 is 1.00 bits per heavy atom. The van der Waals surface area contributed by atoms with Crippen LogP contribution < -0.4 is 15.1 Å². The average Bonchev–Trinajstić information content (AvgIpc) is 3.76. The number of nitrogens with one attached hydrogen (secondary N) is 1. The molecule has 7 atom stereocenters. The number of rotatable bonds is 8. The van der Waals surface area contributed by atoms with Crippen molar-refractivity contribution < 1.29 is 33.8 Å². The molecule has 2 N–H and O–H groups in total. The van der Waals surface area contributed by atoms with E-state index in [9.17, 15) is 19.5 Å². The molecule has 11 heteroatoms. The van der Waals surface area contributed by atoms with E-state index < -0.39 is 66.1 Å². The molecule has 0 aromatic heterocycles. The molecule has 11 nitrogen and oxygen atoms in total. The number of carbonyl (C=O) groups is 4. The van der Waals surface area contributed by atoms with E-state index in [4.69, 9.17) is 9.47 Å². The molecule has 49 heavy (non-hydrogen) atoms. The van der Waals surface area contributed by atoms with Gasteiger partial charge in [-0.3, -0.25) is 19.2 Å². The minimum absolute atomic E-state index is 0.125. The van der Waals surface area contributed by atoms with E-state index in [0.29, 0.717) is 18.5 Å². The van der Waals surface area contributed by atoms with Gasteiger partial charge in [0.25, 0.3) is 5.91 Å². The van der Waals surface area contributed by atoms with Gasteiger partial charge in [-0.15, -0.1) is 0 Å². The Labute approximate surface area is 287 Å². The number of nitrogens with zero attached hydrogens (tertiary/aromatic N) is 3. The molecule has 0 aliphatic carbocycles. The molecule has 2 fully saturated rings. The first-order valence-corrected chi connectivity index (χ1v) is 17.3. The van der Waals surface area contributed by atoms with E-state index in [2.05, 4.69) is 24.1 Å². The molecule has 4 aliphatic rings. The van der Waals surface area contributed by atoms with Crippen molar-refractivity contribution in [3.8, 4) is 0 Å². The lowest BCUT2D eigenvalue weighted by molar-refractivity contribution is -0.159. The lowest BCUT2D eigenvalue weighted by Gasteiger charge is -2.39. The molecule has 2 saturated heterocycles. The number of ether oxygens (including phenoxy) is 2. The maximum Gasteiger partial charge on any atom is 0.313 e. The molecule has 0 unspecified atom stereocenters. The van der Waals surface area contributed by atoms with Crippen molar-refractivity contribution in [2.45, 2.75) is 69.9 Å². The van der Waals surface area contributed by atoms with Gasteiger partial charge in [0.15, 0.2) is 0 Å². The molecular weight excluding hydrogens is 624 g/mol. The van der Waals surface area contributed by atoms with Crippen molar-refractivity contribution in [2.24, 2.45) is 11.8 Å². The van der Waals surface area contributed by atoms with Crippen LogP contribution in [0.25, 0.3) is 0 Å². The van der Waals surface area contributed by atoms with Crippen LogP contribution in [0, 0.1) is 11.8 Å². The van der Waals surface area contributed by atoms with Crippen molar-refractivity contribution in [1.82, 2.24) is 10.2 Å². The molecule has 5 bridgehead atoms. The summed E-state index contributed by atoms with van der Waals surface area (Å²) in [5, 5.41) is 13.6. The number of likely N-dealkylation sites (tertiary alicyclic amines) is 1. The van der Waals surface area contributed by atoms with Gasteiger partial charge >= 0.3 is 5.97 Å². The summed E-state index contributed by atoms with van der Waals surface area (Å²) < 4.78 is 12.3. The Hall–Kier alpha value is -4.48. The van der Waals surface area contributed by atoms with E-state index in [1.165, 1.54) is 4.90 Å². The average molecular weight is 671 g/mol. The van der Waals surface area contributed by atoms with E-state index in [0.717, 1.165) is 24.3 Å². The van der Waals surface area contributed by atoms with Crippen molar-refractivity contribution in [3.63, 3.8) is 0 Å². The first-order valence-electron chi connectivity index (χ1n) is 17.3. The summed E-state index contributed by atoms with van der Waals surface area (Å²) in [6, 6.07) is 15.3. The molecule has 260 valence electrons. The minimum Gasteiger partial charge on any atom is -0.460 e. The third-order valence-electron chi connectivity index (χ3n) is 10.2. The first kappa shape index (κ1) is 34.4. The fourth-order valence-electron chi connectivity index (χ4n) is 7.77. The second-order valence-electron chi connectivity index (χ2n) is 13.2. The lowest BCUT2D eigenvalue weighted by Crippen LogP contribution is -2.59. The van der Waals surface area contributed by atoms with E-state index >= 15 is 4.79 Å². The Balaban J connectivity index is 1.45. The van der Waals surface area contributed by atoms with Crippen LogP contribution in [0.5, 0.6) is 0 Å². The van der Waals surface area contributed by atoms with Gasteiger partial charge in [0, 0.05) is 37.4 Å². The summed E-state index contributed by atoms with van der Waals surface area (Å²) in [5.74, 6) is -3.66. The van der Waals surface area contributed by atoms with Crippen LogP contribution in [-0.4, -0.2) is 96.4 Å². The molecule has 6 rings (SSSR count). The standard InChI is InChI=1S/C38H46N4O7/c1-4-40(5-2)27-15-17-28(18-16-27)41-21-11-7-10-14-31(44)39-23-25(3)48-37(47)32-30-19-20-38(49-30)33(32)35(45)42(34(38)36(41)46)29(24-43)22-26-12-8-6-9-13-26/h6-9,11-13,15-20,25,29-30,32-34,43H,4-5,10,14,21-24H2,1-3H3,(H,39,44)/b11-7-/t25-,29+,30+,32-,33-,34+,38-/m0/s1. The molecular formula is C38H46N4O7. The van der Waals surface area contributed by atoms with Gasteiger partial charge in [-0.25, -0.2) is 0 Å². The second kappa shape index (κ2) is 14.6. The number of aliphatic hydroxyl groups excluding tert-OH is 1. The summed E-state index contributed by atoms with van der Waals surface area (Å²) in [6.07, 6.45) is 6.80. The van der Waals surface area contributed by atoms with Crippen LogP contribution in [0.1, 0.15) is 39.2 Å². The molecule has 2 aromatic rings. The number of fused-ring (bicyclic) bond motifs is 2. The van der Waals surface area contributed by atoms with E-state index in [1.807, 2.05) is 66.7 Å². The number of anilines is 2. The predicted molar refractivity (Wildman–Crippen MR) is 185 cm³/mol. The maximum absolute atomic E-state index is 15.2. The Morgan fingerprint density at radius 2 is 1.73 bits per heavy atom. The minimum atomic E-state index is -1.44. The summed E-state index contributed by atoms with van der Waals surface area (Å²) in [5.41, 5.74) is 1.09. The normalized spacial score (nSPS) is 29.8. The maximum atomic E-state index is 15.2. The predicted octanol–water partition coefficient (Wildman–Crippen LogP) is 3.02. The number of aliphatic hydroxyl groups is 1. The summed E-state index contributed by atoms with van der Waals surface area (Å²) >= 11 is 0. The lowest BCUT2D eigenvalue weighted by atomic mass is 9.74. The van der Waals surface area contributed by atoms with Gasteiger partial charge in [0.2, 0.25) is 11.8 Å². The Kier molecular flexibility index (Phi) is 10.2. The zero-order chi connectivity index (χ0) is 34.7. The largest absolute Gasteiger partial charge is 0.460 e. The molecule has 0 radical (unpaired) electrons. The van der Waals surface area contributed by atoms with Crippen LogP contribution in [0.2, 0.25) is 0 Å². The third kappa shape index (κ3) is 6.49. The van der Waals surface area contributed by atoms with Crippen molar-refractivity contribution in [1.29, 1.82) is 0 Å². The van der Waals surface area contributed by atoms with Gasteiger partial charge < -0.3 is 34.6 Å². The Morgan fingerprint density at radius 3 is 2.43 bits per heavy atom. The quantitative estimate of drug-likeness (QED) is 0.324. The monoisotopic (exact) mass is 670 g/mol. The van der Waals surface area contributed by atoms with Crippen LogP contribution in [0.15, 0.2) is 78.9 Å². The van der Waals surface area contributed by atoms with Gasteiger partial charge in [-0.2, -0.15) is 0 Å². The van der Waals surface area contributed by atoms with Gasteiger partial charge in [-0.1, -0.05) is 54.6 Å². The SMILES string of the molecule is CCN(CC)c1ccc(N2C/C=C\CCC(=O)NC[C@H](C)OC(=O)[C@@H]3[C@H]4C(=O)N([C@@H](CO)Cc5ccccc5)[C@H](C2=O)[C@]42C=C[C@H]3O2)cc1. The van der Waals surface area contributed by atoms with Crippen LogP contribution >= 0.6 is 0 Å². The van der Waals surface area contributed by atoms with Crippen molar-refractivity contribution >= 4 is 35.1 Å². The molecule has 1 spiro atoms. The van der Waals surface area contributed by atoms with Crippen LogP contribution in [0.4, 0.5) is 11.4 Å². The van der Waals surface area contributed by atoms with Crippen molar-refractivity contribution in [3.05, 3.63) is 84.5 Å². The zero-order valence-electron chi connectivity index (χ0n) is 28.4. The fraction of sp³-hybridized carbons (Fsp3) is 0.474. The van der Waals surface area contributed by atoms with E-state index in [-0.39, 0.29) is 25.4 Å². The number of amides is 3. The fourth-order valence-corrected chi connectivity index (χ4v) is 7.77. The summed E-state index contributed by atoms with van der Waals surface area (Å²) in [7, 11) is 0. The first-order chi connectivity index (χ1) is 23.7. The molecule has 2 aromatic carbocycles. The van der Waals surface area contributed by atoms with E-state index in [1.54, 1.807) is 24.0 Å². The highest BCUT2D eigenvalue weighted by atomic mass is 16.6. The second-order valence-corrected chi connectivity index (χ2v) is 13.2. The number of cyclic esters (lactones) is 1. The molecule has 0 saturated carbocycles. The Bertz CT molecular complexity index is 1590. The number of carbonyl (C=O) groups excluding carboxylic acids is 4. The van der Waals surface area contributed by atoms with Gasteiger partial charge in [0.05, 0.1) is 31.2 Å². The van der Waals surface area contributed by atoms with Gasteiger partial charge in [0.1, 0.15) is 23.7 Å². The number of benzene rings is 2. The number of allylic oxidation sites excluding steroid dienone is 1.